The third-order valence-electron chi connectivity index (χ3n) is 4.12. The number of carbonyl (C=O) groups excluding carboxylic acids is 1. The molecule has 3 aromatic rings. The van der Waals surface area contributed by atoms with Crippen molar-refractivity contribution in [1.82, 2.24) is 9.88 Å². The number of aromatic nitrogens is 1. The van der Waals surface area contributed by atoms with Gasteiger partial charge in [0.1, 0.15) is 0 Å². The minimum Gasteiger partial charge on any atom is -0.459 e. The second-order valence-corrected chi connectivity index (χ2v) is 6.64. The predicted octanol–water partition coefficient (Wildman–Crippen LogP) is 3.37. The quantitative estimate of drug-likeness (QED) is 0.734. The van der Waals surface area contributed by atoms with E-state index in [0.29, 0.717) is 18.8 Å². The fourth-order valence-corrected chi connectivity index (χ4v) is 3.78. The second-order valence-electron chi connectivity index (χ2n) is 5.63. The smallest absolute Gasteiger partial charge is 0.289 e. The zero-order valence-electron chi connectivity index (χ0n) is 13.1. The first kappa shape index (κ1) is 15.0. The Morgan fingerprint density at radius 1 is 1.04 bits per heavy atom. The number of anilines is 1. The summed E-state index contributed by atoms with van der Waals surface area (Å²) in [4.78, 5) is 22.1. The average Bonchev–Trinajstić information content (AvgIpc) is 3.34. The van der Waals surface area contributed by atoms with Crippen LogP contribution in [0, 0.1) is 0 Å². The van der Waals surface area contributed by atoms with Crippen LogP contribution in [0.15, 0.2) is 59.3 Å². The molecule has 5 nitrogen and oxygen atoms in total. The van der Waals surface area contributed by atoms with Gasteiger partial charge in [0.15, 0.2) is 10.9 Å². The van der Waals surface area contributed by atoms with Crippen LogP contribution in [0.5, 0.6) is 0 Å². The molecule has 0 N–H and O–H groups in total. The fraction of sp³-hybridized carbons (Fsp3) is 0.222. The van der Waals surface area contributed by atoms with Gasteiger partial charge in [-0.3, -0.25) is 4.79 Å². The van der Waals surface area contributed by atoms with E-state index in [9.17, 15) is 4.79 Å². The van der Waals surface area contributed by atoms with Gasteiger partial charge in [0.25, 0.3) is 5.91 Å². The highest BCUT2D eigenvalue weighted by Crippen LogP contribution is 2.31. The summed E-state index contributed by atoms with van der Waals surface area (Å²) in [6, 6.07) is 13.7. The van der Waals surface area contributed by atoms with Crippen LogP contribution in [0.25, 0.3) is 10.4 Å². The third kappa shape index (κ3) is 2.92. The van der Waals surface area contributed by atoms with E-state index in [-0.39, 0.29) is 5.91 Å². The van der Waals surface area contributed by atoms with E-state index in [1.165, 1.54) is 16.7 Å². The topological polar surface area (TPSA) is 49.6 Å². The molecular formula is C18H17N3O2S. The molecule has 24 heavy (non-hydrogen) atoms. The third-order valence-corrected chi connectivity index (χ3v) is 5.23. The van der Waals surface area contributed by atoms with Crippen LogP contribution in [-0.4, -0.2) is 42.0 Å². The van der Waals surface area contributed by atoms with E-state index in [4.69, 9.17) is 4.42 Å². The van der Waals surface area contributed by atoms with Crippen LogP contribution < -0.4 is 4.90 Å². The van der Waals surface area contributed by atoms with Crippen molar-refractivity contribution in [1.29, 1.82) is 0 Å². The Kier molecular flexibility index (Phi) is 4.04. The Morgan fingerprint density at radius 2 is 1.83 bits per heavy atom. The summed E-state index contributed by atoms with van der Waals surface area (Å²) >= 11 is 1.69. The van der Waals surface area contributed by atoms with E-state index in [1.54, 1.807) is 23.5 Å². The number of hydrogen-bond donors (Lipinski definition) is 0. The zero-order valence-corrected chi connectivity index (χ0v) is 13.9. The number of amides is 1. The summed E-state index contributed by atoms with van der Waals surface area (Å²) in [5, 5.41) is 1.01. The molecule has 6 heteroatoms. The predicted molar refractivity (Wildman–Crippen MR) is 94.4 cm³/mol. The minimum absolute atomic E-state index is 0.0382. The van der Waals surface area contributed by atoms with Crippen molar-refractivity contribution in [3.63, 3.8) is 0 Å². The monoisotopic (exact) mass is 339 g/mol. The van der Waals surface area contributed by atoms with Gasteiger partial charge in [-0.05, 0) is 17.7 Å². The first-order valence-corrected chi connectivity index (χ1v) is 8.72. The van der Waals surface area contributed by atoms with Crippen molar-refractivity contribution >= 4 is 22.4 Å². The van der Waals surface area contributed by atoms with Gasteiger partial charge in [-0.15, -0.1) is 0 Å². The van der Waals surface area contributed by atoms with Crippen LogP contribution in [0.4, 0.5) is 5.13 Å². The first-order valence-electron chi connectivity index (χ1n) is 7.90. The van der Waals surface area contributed by atoms with E-state index in [0.717, 1.165) is 18.2 Å². The van der Waals surface area contributed by atoms with Crippen molar-refractivity contribution in [2.75, 3.05) is 31.1 Å². The molecule has 122 valence electrons. The summed E-state index contributed by atoms with van der Waals surface area (Å²) in [5.41, 5.74) is 1.19. The largest absolute Gasteiger partial charge is 0.459 e. The highest BCUT2D eigenvalue weighted by molar-refractivity contribution is 7.18. The Hall–Kier alpha value is -2.60. The van der Waals surface area contributed by atoms with Gasteiger partial charge in [0, 0.05) is 32.4 Å². The van der Waals surface area contributed by atoms with Gasteiger partial charge in [-0.1, -0.05) is 41.7 Å². The van der Waals surface area contributed by atoms with E-state index in [2.05, 4.69) is 22.0 Å². The average molecular weight is 339 g/mol. The number of furan rings is 1. The highest BCUT2D eigenvalue weighted by atomic mass is 32.1. The van der Waals surface area contributed by atoms with Crippen LogP contribution >= 0.6 is 11.3 Å². The number of nitrogens with zero attached hydrogens (tertiary/aromatic N) is 3. The standard InChI is InChI=1S/C18H17N3O2S/c22-17(15-7-4-12-23-15)20-8-10-21(11-9-20)18-19-13-16(24-18)14-5-2-1-3-6-14/h1-7,12-13H,8-11H2. The Labute approximate surface area is 144 Å². The zero-order chi connectivity index (χ0) is 16.4. The van der Waals surface area contributed by atoms with Crippen molar-refractivity contribution < 1.29 is 9.21 Å². The Bertz CT molecular complexity index is 806. The molecule has 1 aromatic carbocycles. The van der Waals surface area contributed by atoms with Crippen molar-refractivity contribution in [3.05, 3.63) is 60.7 Å². The number of benzene rings is 1. The molecule has 4 rings (SSSR count). The summed E-state index contributed by atoms with van der Waals surface area (Å²) in [7, 11) is 0. The maximum Gasteiger partial charge on any atom is 0.289 e. The van der Waals surface area contributed by atoms with Crippen molar-refractivity contribution in [2.45, 2.75) is 0 Å². The van der Waals surface area contributed by atoms with E-state index < -0.39 is 0 Å². The molecule has 0 radical (unpaired) electrons. The number of carbonyl (C=O) groups is 1. The lowest BCUT2D eigenvalue weighted by Gasteiger charge is -2.34. The molecule has 0 spiro atoms. The maximum absolute atomic E-state index is 12.3. The number of thiazole rings is 1. The van der Waals surface area contributed by atoms with Gasteiger partial charge in [-0.25, -0.2) is 4.98 Å². The van der Waals surface area contributed by atoms with Crippen molar-refractivity contribution in [2.24, 2.45) is 0 Å². The SMILES string of the molecule is O=C(c1ccco1)N1CCN(c2ncc(-c3ccccc3)s2)CC1. The van der Waals surface area contributed by atoms with Gasteiger partial charge in [-0.2, -0.15) is 0 Å². The van der Waals surface area contributed by atoms with E-state index in [1.807, 2.05) is 29.3 Å². The molecule has 3 heterocycles. The summed E-state index contributed by atoms with van der Waals surface area (Å²) in [6.07, 6.45) is 3.46. The number of piperazine rings is 1. The summed E-state index contributed by atoms with van der Waals surface area (Å²) in [6.45, 7) is 2.93. The first-order chi connectivity index (χ1) is 11.8. The van der Waals surface area contributed by atoms with Gasteiger partial charge < -0.3 is 14.2 Å². The van der Waals surface area contributed by atoms with E-state index >= 15 is 0 Å². The lowest BCUT2D eigenvalue weighted by Crippen LogP contribution is -2.48. The van der Waals surface area contributed by atoms with Crippen LogP contribution in [0.3, 0.4) is 0 Å². The normalized spacial score (nSPS) is 14.8. The lowest BCUT2D eigenvalue weighted by atomic mass is 10.2. The number of rotatable bonds is 3. The molecular weight excluding hydrogens is 322 g/mol. The maximum atomic E-state index is 12.3. The Morgan fingerprint density at radius 3 is 2.54 bits per heavy atom. The van der Waals surface area contributed by atoms with Crippen LogP contribution in [0.2, 0.25) is 0 Å². The number of hydrogen-bond acceptors (Lipinski definition) is 5. The van der Waals surface area contributed by atoms with Gasteiger partial charge in [0.2, 0.25) is 0 Å². The van der Waals surface area contributed by atoms with Gasteiger partial charge >= 0.3 is 0 Å². The Balaban J connectivity index is 1.41. The molecule has 1 saturated heterocycles. The molecule has 2 aromatic heterocycles. The second kappa shape index (κ2) is 6.49. The molecule has 1 aliphatic rings. The van der Waals surface area contributed by atoms with Gasteiger partial charge in [0.05, 0.1) is 11.1 Å². The summed E-state index contributed by atoms with van der Waals surface area (Å²) < 4.78 is 5.20. The van der Waals surface area contributed by atoms with Crippen LogP contribution in [-0.2, 0) is 0 Å². The molecule has 0 saturated carbocycles. The molecule has 1 fully saturated rings. The molecule has 1 aliphatic heterocycles. The molecule has 1 amide bonds. The van der Waals surface area contributed by atoms with Crippen LogP contribution in [0.1, 0.15) is 10.6 Å². The summed E-state index contributed by atoms with van der Waals surface area (Å²) in [5.74, 6) is 0.368. The molecule has 0 unspecified atom stereocenters. The molecule has 0 aliphatic carbocycles. The highest BCUT2D eigenvalue weighted by Gasteiger charge is 2.25. The molecule has 0 atom stereocenters. The minimum atomic E-state index is -0.0382. The fourth-order valence-electron chi connectivity index (χ4n) is 2.80. The lowest BCUT2D eigenvalue weighted by molar-refractivity contribution is 0.0714. The molecule has 0 bridgehead atoms. The van der Waals surface area contributed by atoms with Crippen molar-refractivity contribution in [3.8, 4) is 10.4 Å².